The number of aliphatic hydroxyl groups is 1. The van der Waals surface area contributed by atoms with Gasteiger partial charge in [-0.25, -0.2) is 0 Å². The summed E-state index contributed by atoms with van der Waals surface area (Å²) < 4.78 is 5.53. The van der Waals surface area contributed by atoms with Gasteiger partial charge in [0.1, 0.15) is 11.5 Å². The molecule has 0 aliphatic carbocycles. The normalized spacial score (nSPS) is 17.6. The van der Waals surface area contributed by atoms with Crippen molar-refractivity contribution in [1.82, 2.24) is 9.88 Å². The fourth-order valence-corrected chi connectivity index (χ4v) is 4.00. The number of para-hydroxylation sites is 1. The van der Waals surface area contributed by atoms with Gasteiger partial charge >= 0.3 is 0 Å². The van der Waals surface area contributed by atoms with Gasteiger partial charge in [0.2, 0.25) is 0 Å². The maximum absolute atomic E-state index is 13.2. The molecule has 3 aromatic rings. The first-order valence-corrected chi connectivity index (χ1v) is 10.4. The van der Waals surface area contributed by atoms with Crippen molar-refractivity contribution in [3.8, 4) is 5.75 Å². The number of Topliss-reactive ketones (excluding diaryl/α,β-unsaturated/α-hetero) is 1. The van der Waals surface area contributed by atoms with E-state index in [4.69, 9.17) is 4.74 Å². The lowest BCUT2D eigenvalue weighted by Crippen LogP contribution is -2.29. The lowest BCUT2D eigenvalue weighted by atomic mass is 9.94. The van der Waals surface area contributed by atoms with Crippen LogP contribution in [-0.4, -0.2) is 33.8 Å². The number of aromatic nitrogens is 1. The Labute approximate surface area is 186 Å². The molecule has 1 atom stereocenters. The number of amides is 1. The molecule has 1 aromatic heterocycles. The average molecular weight is 428 g/mol. The molecule has 0 radical (unpaired) electrons. The molecule has 0 bridgehead atoms. The number of carbonyl (C=O) groups is 2. The molecular weight excluding hydrogens is 404 g/mol. The number of hydrogen-bond donors (Lipinski definition) is 1. The van der Waals surface area contributed by atoms with Gasteiger partial charge in [0.05, 0.1) is 18.7 Å². The molecule has 6 nitrogen and oxygen atoms in total. The highest BCUT2D eigenvalue weighted by Crippen LogP contribution is 2.43. The van der Waals surface area contributed by atoms with Crippen molar-refractivity contribution in [2.75, 3.05) is 7.11 Å². The van der Waals surface area contributed by atoms with E-state index in [0.29, 0.717) is 16.9 Å². The van der Waals surface area contributed by atoms with Crippen LogP contribution >= 0.6 is 0 Å². The predicted molar refractivity (Wildman–Crippen MR) is 121 cm³/mol. The molecule has 4 rings (SSSR count). The van der Waals surface area contributed by atoms with E-state index in [-0.39, 0.29) is 17.9 Å². The van der Waals surface area contributed by atoms with Gasteiger partial charge in [0.15, 0.2) is 0 Å². The number of carbonyl (C=O) groups excluding carboxylic acids is 2. The van der Waals surface area contributed by atoms with Gasteiger partial charge < -0.3 is 14.7 Å². The number of pyridine rings is 1. The summed E-state index contributed by atoms with van der Waals surface area (Å²) in [6.07, 6.45) is 4.14. The fraction of sp³-hybridized carbons (Fsp3) is 0.192. The van der Waals surface area contributed by atoms with Crippen LogP contribution in [0.1, 0.15) is 35.2 Å². The van der Waals surface area contributed by atoms with Crippen LogP contribution in [0.4, 0.5) is 0 Å². The van der Waals surface area contributed by atoms with Gasteiger partial charge in [-0.3, -0.25) is 14.6 Å². The van der Waals surface area contributed by atoms with Crippen LogP contribution < -0.4 is 4.74 Å². The molecule has 1 aliphatic heterocycles. The highest BCUT2D eigenvalue weighted by molar-refractivity contribution is 6.46. The Bertz CT molecular complexity index is 1170. The van der Waals surface area contributed by atoms with Crippen molar-refractivity contribution in [3.63, 3.8) is 0 Å². The number of likely N-dealkylation sites (tertiary alicyclic amines) is 1. The van der Waals surface area contributed by atoms with Gasteiger partial charge in [-0.1, -0.05) is 49.4 Å². The van der Waals surface area contributed by atoms with Crippen molar-refractivity contribution in [1.29, 1.82) is 0 Å². The molecule has 1 N–H and O–H groups in total. The molecule has 0 saturated carbocycles. The van der Waals surface area contributed by atoms with Crippen molar-refractivity contribution >= 4 is 17.4 Å². The monoisotopic (exact) mass is 428 g/mol. The molecule has 1 saturated heterocycles. The molecule has 2 heterocycles. The number of benzene rings is 2. The summed E-state index contributed by atoms with van der Waals surface area (Å²) in [7, 11) is 1.54. The zero-order valence-corrected chi connectivity index (χ0v) is 18.0. The van der Waals surface area contributed by atoms with Crippen molar-refractivity contribution < 1.29 is 19.4 Å². The molecular formula is C26H24N2O4. The number of aryl methyl sites for hydroxylation is 1. The van der Waals surface area contributed by atoms with Crippen LogP contribution in [0, 0.1) is 0 Å². The third-order valence-electron chi connectivity index (χ3n) is 5.71. The highest BCUT2D eigenvalue weighted by Gasteiger charge is 2.47. The summed E-state index contributed by atoms with van der Waals surface area (Å²) in [5.41, 5.74) is 3.12. The van der Waals surface area contributed by atoms with E-state index in [1.54, 1.807) is 42.7 Å². The predicted octanol–water partition coefficient (Wildman–Crippen LogP) is 4.27. The second-order valence-corrected chi connectivity index (χ2v) is 7.57. The molecule has 1 amide bonds. The number of nitrogens with zero attached hydrogens (tertiary/aromatic N) is 2. The van der Waals surface area contributed by atoms with E-state index in [1.807, 2.05) is 37.3 Å². The van der Waals surface area contributed by atoms with Gasteiger partial charge in [0, 0.05) is 30.1 Å². The van der Waals surface area contributed by atoms with Gasteiger partial charge in [0.25, 0.3) is 11.7 Å². The van der Waals surface area contributed by atoms with E-state index in [2.05, 4.69) is 4.98 Å². The molecule has 1 unspecified atom stereocenters. The SMILES string of the molecule is CCc1ccc(/C(O)=C2/C(=O)C(=O)N(Cc3ccncc3)C2c2ccccc2OC)cc1. The van der Waals surface area contributed by atoms with Crippen molar-refractivity contribution in [3.05, 3.63) is 101 Å². The number of ketones is 1. The summed E-state index contributed by atoms with van der Waals surface area (Å²) >= 11 is 0. The zero-order valence-electron chi connectivity index (χ0n) is 18.0. The van der Waals surface area contributed by atoms with E-state index in [1.165, 1.54) is 12.0 Å². The Morgan fingerprint density at radius 1 is 1.00 bits per heavy atom. The minimum absolute atomic E-state index is 0.0535. The summed E-state index contributed by atoms with van der Waals surface area (Å²) in [6.45, 7) is 2.24. The number of rotatable bonds is 6. The maximum Gasteiger partial charge on any atom is 0.295 e. The van der Waals surface area contributed by atoms with Crippen LogP contribution in [0.2, 0.25) is 0 Å². The molecule has 1 aliphatic rings. The van der Waals surface area contributed by atoms with E-state index >= 15 is 0 Å². The summed E-state index contributed by atoms with van der Waals surface area (Å²) in [5.74, 6) is -1.04. The van der Waals surface area contributed by atoms with Crippen LogP contribution in [0.15, 0.2) is 78.6 Å². The average Bonchev–Trinajstić information content (AvgIpc) is 3.09. The topological polar surface area (TPSA) is 79.7 Å². The first-order chi connectivity index (χ1) is 15.5. The highest BCUT2D eigenvalue weighted by atomic mass is 16.5. The number of aliphatic hydroxyl groups excluding tert-OH is 1. The zero-order chi connectivity index (χ0) is 22.7. The minimum atomic E-state index is -0.787. The molecule has 162 valence electrons. The Balaban J connectivity index is 1.88. The van der Waals surface area contributed by atoms with Gasteiger partial charge in [-0.15, -0.1) is 0 Å². The number of methoxy groups -OCH3 is 1. The van der Waals surface area contributed by atoms with Gasteiger partial charge in [-0.05, 0) is 35.7 Å². The quantitative estimate of drug-likeness (QED) is 0.360. The lowest BCUT2D eigenvalue weighted by Gasteiger charge is -2.26. The standard InChI is InChI=1S/C26H24N2O4/c1-3-17-8-10-19(11-9-17)24(29)22-23(20-6-4-5-7-21(20)32-2)28(26(31)25(22)30)16-18-12-14-27-15-13-18/h4-15,23,29H,3,16H2,1-2H3/b24-22-. The van der Waals surface area contributed by atoms with Gasteiger partial charge in [-0.2, -0.15) is 0 Å². The minimum Gasteiger partial charge on any atom is -0.507 e. The van der Waals surface area contributed by atoms with Crippen LogP contribution in [-0.2, 0) is 22.6 Å². The Morgan fingerprint density at radius 3 is 2.34 bits per heavy atom. The fourth-order valence-electron chi connectivity index (χ4n) is 4.00. The van der Waals surface area contributed by atoms with E-state index < -0.39 is 17.7 Å². The molecule has 1 fully saturated rings. The number of hydrogen-bond acceptors (Lipinski definition) is 5. The Kier molecular flexibility index (Phi) is 6.03. The maximum atomic E-state index is 13.2. The summed E-state index contributed by atoms with van der Waals surface area (Å²) in [4.78, 5) is 31.8. The van der Waals surface area contributed by atoms with Crippen LogP contribution in [0.3, 0.4) is 0 Å². The summed E-state index contributed by atoms with van der Waals surface area (Å²) in [5, 5.41) is 11.2. The van der Waals surface area contributed by atoms with E-state index in [0.717, 1.165) is 17.5 Å². The van der Waals surface area contributed by atoms with Crippen molar-refractivity contribution in [2.45, 2.75) is 25.9 Å². The lowest BCUT2D eigenvalue weighted by molar-refractivity contribution is -0.140. The van der Waals surface area contributed by atoms with E-state index in [9.17, 15) is 14.7 Å². The molecule has 0 spiro atoms. The largest absolute Gasteiger partial charge is 0.507 e. The third-order valence-corrected chi connectivity index (χ3v) is 5.71. The summed E-state index contributed by atoms with van der Waals surface area (Å²) in [6, 6.07) is 17.4. The van der Waals surface area contributed by atoms with Crippen molar-refractivity contribution in [2.24, 2.45) is 0 Å². The first kappa shape index (κ1) is 21.3. The first-order valence-electron chi connectivity index (χ1n) is 10.4. The molecule has 2 aromatic carbocycles. The molecule has 32 heavy (non-hydrogen) atoms. The second kappa shape index (κ2) is 9.06. The second-order valence-electron chi connectivity index (χ2n) is 7.57. The number of ether oxygens (including phenoxy) is 1. The Hall–Kier alpha value is -3.93. The Morgan fingerprint density at radius 2 is 1.69 bits per heavy atom. The smallest absolute Gasteiger partial charge is 0.295 e. The van der Waals surface area contributed by atoms with Crippen LogP contribution in [0.25, 0.3) is 5.76 Å². The van der Waals surface area contributed by atoms with Crippen LogP contribution in [0.5, 0.6) is 5.75 Å². The third kappa shape index (κ3) is 3.87. The molecule has 6 heteroatoms.